The van der Waals surface area contributed by atoms with Crippen LogP contribution in [-0.2, 0) is 9.19 Å². The van der Waals surface area contributed by atoms with Crippen LogP contribution in [0.2, 0.25) is 0 Å². The van der Waals surface area contributed by atoms with Gasteiger partial charge in [-0.2, -0.15) is 4.62 Å². The Morgan fingerprint density at radius 1 is 1.64 bits per heavy atom. The van der Waals surface area contributed by atoms with Gasteiger partial charge < -0.3 is 9.79 Å². The van der Waals surface area contributed by atoms with E-state index >= 15 is 0 Å². The SMILES string of the molecule is O=P(O)(O)ON1C=NC=NC1. The first-order valence-electron chi connectivity index (χ1n) is 2.61. The first-order chi connectivity index (χ1) is 5.08. The molecule has 62 valence electrons. The summed E-state index contributed by atoms with van der Waals surface area (Å²) < 4.78 is 14.3. The Bertz CT molecular complexity index is 233. The van der Waals surface area contributed by atoms with Crippen molar-refractivity contribution >= 4 is 20.5 Å². The molecule has 0 aromatic rings. The molecule has 8 heteroatoms. The molecule has 1 aliphatic rings. The lowest BCUT2D eigenvalue weighted by Gasteiger charge is -2.17. The first kappa shape index (κ1) is 8.35. The van der Waals surface area contributed by atoms with Gasteiger partial charge >= 0.3 is 7.82 Å². The van der Waals surface area contributed by atoms with E-state index in [-0.39, 0.29) is 6.67 Å². The van der Waals surface area contributed by atoms with Gasteiger partial charge in [0.25, 0.3) is 0 Å². The number of nitrogens with zero attached hydrogens (tertiary/aromatic N) is 3. The van der Waals surface area contributed by atoms with Crippen molar-refractivity contribution in [1.82, 2.24) is 5.06 Å². The van der Waals surface area contributed by atoms with Gasteiger partial charge in [-0.3, -0.25) is 0 Å². The second-order valence-corrected chi connectivity index (χ2v) is 2.84. The highest BCUT2D eigenvalue weighted by atomic mass is 31.2. The monoisotopic (exact) mass is 179 g/mol. The molecule has 0 bridgehead atoms. The fraction of sp³-hybridized carbons (Fsp3) is 0.333. The van der Waals surface area contributed by atoms with E-state index in [1.165, 1.54) is 6.34 Å². The van der Waals surface area contributed by atoms with Gasteiger partial charge in [-0.1, -0.05) is 0 Å². The van der Waals surface area contributed by atoms with Crippen LogP contribution in [0.4, 0.5) is 0 Å². The van der Waals surface area contributed by atoms with Gasteiger partial charge in [-0.05, 0) is 0 Å². The molecule has 1 heterocycles. The fourth-order valence-electron chi connectivity index (χ4n) is 0.488. The molecule has 0 fully saturated rings. The molecule has 11 heavy (non-hydrogen) atoms. The molecule has 0 aliphatic carbocycles. The predicted octanol–water partition coefficient (Wildman–Crippen LogP) is -0.660. The minimum Gasteiger partial charge on any atom is -0.301 e. The molecule has 0 atom stereocenters. The maximum Gasteiger partial charge on any atom is 0.491 e. The van der Waals surface area contributed by atoms with Crippen molar-refractivity contribution in [2.75, 3.05) is 6.67 Å². The van der Waals surface area contributed by atoms with E-state index in [9.17, 15) is 4.57 Å². The molecule has 0 saturated heterocycles. The minimum absolute atomic E-state index is 0.0363. The van der Waals surface area contributed by atoms with E-state index in [1.807, 2.05) is 0 Å². The first-order valence-corrected chi connectivity index (χ1v) is 4.14. The smallest absolute Gasteiger partial charge is 0.301 e. The van der Waals surface area contributed by atoms with Crippen LogP contribution in [0, 0.1) is 0 Å². The number of hydrogen-bond acceptors (Lipinski definition) is 5. The van der Waals surface area contributed by atoms with Crippen molar-refractivity contribution in [3.8, 4) is 0 Å². The lowest BCUT2D eigenvalue weighted by Crippen LogP contribution is -2.23. The summed E-state index contributed by atoms with van der Waals surface area (Å²) in [5.74, 6) is 0. The zero-order valence-corrected chi connectivity index (χ0v) is 6.26. The van der Waals surface area contributed by atoms with Gasteiger partial charge in [0.1, 0.15) is 19.3 Å². The van der Waals surface area contributed by atoms with Gasteiger partial charge in [0.15, 0.2) is 0 Å². The van der Waals surface area contributed by atoms with Gasteiger partial charge in [-0.15, -0.1) is 0 Å². The van der Waals surface area contributed by atoms with Crippen LogP contribution < -0.4 is 0 Å². The molecule has 0 unspecified atom stereocenters. The molecule has 0 radical (unpaired) electrons. The molecule has 2 N–H and O–H groups in total. The summed E-state index contributed by atoms with van der Waals surface area (Å²) in [5, 5.41) is 0.848. The molecule has 0 spiro atoms. The van der Waals surface area contributed by atoms with Gasteiger partial charge in [-0.25, -0.2) is 19.6 Å². The summed E-state index contributed by atoms with van der Waals surface area (Å²) in [7, 11) is -4.47. The van der Waals surface area contributed by atoms with Crippen LogP contribution in [0.25, 0.3) is 0 Å². The zero-order chi connectivity index (χ0) is 8.32. The summed E-state index contributed by atoms with van der Waals surface area (Å²) in [6, 6.07) is 0. The Morgan fingerprint density at radius 3 is 2.82 bits per heavy atom. The van der Waals surface area contributed by atoms with Gasteiger partial charge in [0, 0.05) is 0 Å². The molecule has 0 amide bonds. The van der Waals surface area contributed by atoms with E-state index < -0.39 is 7.82 Å². The third-order valence-corrected chi connectivity index (χ3v) is 1.20. The van der Waals surface area contributed by atoms with E-state index in [2.05, 4.69) is 14.6 Å². The summed E-state index contributed by atoms with van der Waals surface area (Å²) in [4.78, 5) is 23.7. The second-order valence-electron chi connectivity index (χ2n) is 1.69. The average Bonchev–Trinajstić information content (AvgIpc) is 1.85. The third-order valence-electron chi connectivity index (χ3n) is 0.776. The Balaban J connectivity index is 2.46. The van der Waals surface area contributed by atoms with Crippen molar-refractivity contribution in [1.29, 1.82) is 0 Å². The van der Waals surface area contributed by atoms with Crippen molar-refractivity contribution in [3.63, 3.8) is 0 Å². The Labute approximate surface area is 62.2 Å². The minimum atomic E-state index is -4.47. The number of phosphoric acid groups is 1. The summed E-state index contributed by atoms with van der Waals surface area (Å²) >= 11 is 0. The van der Waals surface area contributed by atoms with Crippen molar-refractivity contribution in [3.05, 3.63) is 0 Å². The predicted molar refractivity (Wildman–Crippen MR) is 36.8 cm³/mol. The van der Waals surface area contributed by atoms with Crippen LogP contribution >= 0.6 is 7.82 Å². The van der Waals surface area contributed by atoms with Crippen LogP contribution in [0.3, 0.4) is 0 Å². The molecule has 1 rings (SSSR count). The van der Waals surface area contributed by atoms with Crippen LogP contribution in [0.15, 0.2) is 9.98 Å². The second kappa shape index (κ2) is 3.10. The van der Waals surface area contributed by atoms with E-state index in [0.29, 0.717) is 0 Å². The summed E-state index contributed by atoms with van der Waals surface area (Å²) in [6.45, 7) is 0.0363. The lowest BCUT2D eigenvalue weighted by molar-refractivity contribution is -0.00637. The highest BCUT2D eigenvalue weighted by Crippen LogP contribution is 2.36. The topological polar surface area (TPSA) is 94.7 Å². The van der Waals surface area contributed by atoms with Gasteiger partial charge in [0.2, 0.25) is 0 Å². The molecule has 0 saturated carbocycles. The highest BCUT2D eigenvalue weighted by molar-refractivity contribution is 7.46. The maximum absolute atomic E-state index is 10.2. The quantitative estimate of drug-likeness (QED) is 0.548. The van der Waals surface area contributed by atoms with Crippen molar-refractivity contribution in [2.45, 2.75) is 0 Å². The normalized spacial score (nSPS) is 17.5. The van der Waals surface area contributed by atoms with Crippen molar-refractivity contribution < 1.29 is 19.0 Å². The van der Waals surface area contributed by atoms with E-state index in [0.717, 1.165) is 11.4 Å². The van der Waals surface area contributed by atoms with Gasteiger partial charge in [0.05, 0.1) is 0 Å². The molecule has 0 aromatic carbocycles. The number of rotatable bonds is 2. The molecular weight excluding hydrogens is 173 g/mol. The third kappa shape index (κ3) is 3.24. The van der Waals surface area contributed by atoms with Crippen LogP contribution in [0.1, 0.15) is 0 Å². The molecular formula is C3H6N3O4P. The number of hydroxylamine groups is 2. The Hall–Kier alpha value is -0.750. The fourth-order valence-corrected chi connectivity index (χ4v) is 0.855. The van der Waals surface area contributed by atoms with Crippen molar-refractivity contribution in [2.24, 2.45) is 9.98 Å². The lowest BCUT2D eigenvalue weighted by atomic mass is 10.9. The van der Waals surface area contributed by atoms with E-state index in [4.69, 9.17) is 9.79 Å². The number of hydrogen-bond donors (Lipinski definition) is 2. The molecule has 0 aromatic heterocycles. The maximum atomic E-state index is 10.2. The standard InChI is InChI=1S/C3H6N3O4P/c7-11(8,9)10-6-2-4-1-5-3-6/h1-2H,3H2,(H2,7,8,9). The summed E-state index contributed by atoms with van der Waals surface area (Å²) in [5.41, 5.74) is 0. The average molecular weight is 179 g/mol. The highest BCUT2D eigenvalue weighted by Gasteiger charge is 2.19. The Morgan fingerprint density at radius 2 is 2.36 bits per heavy atom. The van der Waals surface area contributed by atoms with Crippen LogP contribution in [-0.4, -0.2) is 34.2 Å². The molecule has 7 nitrogen and oxygen atoms in total. The van der Waals surface area contributed by atoms with Crippen LogP contribution in [0.5, 0.6) is 0 Å². The largest absolute Gasteiger partial charge is 0.491 e. The molecule has 1 aliphatic heterocycles. The van der Waals surface area contributed by atoms with E-state index in [1.54, 1.807) is 0 Å². The zero-order valence-electron chi connectivity index (χ0n) is 5.36. The Kier molecular flexibility index (Phi) is 2.35. The summed E-state index contributed by atoms with van der Waals surface area (Å²) in [6.07, 6.45) is 2.39. The number of aliphatic imine (C=N–C) groups is 2.